The van der Waals surface area contributed by atoms with Crippen molar-refractivity contribution in [3.63, 3.8) is 0 Å². The number of carbonyl (C=O) groups is 1. The zero-order chi connectivity index (χ0) is 13.0. The first kappa shape index (κ1) is 12.6. The molecule has 2 rings (SSSR count). The van der Waals surface area contributed by atoms with Crippen molar-refractivity contribution in [3.05, 3.63) is 35.5 Å². The van der Waals surface area contributed by atoms with Crippen LogP contribution in [0, 0.1) is 6.92 Å². The van der Waals surface area contributed by atoms with Crippen LogP contribution in [-0.4, -0.2) is 31.2 Å². The monoisotopic (exact) mass is 246 g/mol. The fraction of sp³-hybridized carbons (Fsp3) is 0.357. The van der Waals surface area contributed by atoms with Crippen molar-refractivity contribution in [2.45, 2.75) is 13.3 Å². The van der Waals surface area contributed by atoms with Crippen molar-refractivity contribution in [2.24, 2.45) is 0 Å². The number of methoxy groups -OCH3 is 1. The number of carbonyl (C=O) groups excluding carboxylic acids is 1. The van der Waals surface area contributed by atoms with E-state index in [1.165, 1.54) is 0 Å². The predicted octanol–water partition coefficient (Wildman–Crippen LogP) is 2.24. The molecular weight excluding hydrogens is 228 g/mol. The predicted molar refractivity (Wildman–Crippen MR) is 71.9 cm³/mol. The summed E-state index contributed by atoms with van der Waals surface area (Å²) in [6.07, 6.45) is 0.821. The molecule has 0 spiro atoms. The van der Waals surface area contributed by atoms with Crippen molar-refractivity contribution in [3.8, 4) is 0 Å². The van der Waals surface area contributed by atoms with Crippen LogP contribution in [-0.2, 0) is 4.74 Å². The highest BCUT2D eigenvalue weighted by atomic mass is 16.5. The molecule has 0 saturated carbocycles. The lowest BCUT2D eigenvalue weighted by molar-refractivity contribution is 0.0944. The van der Waals surface area contributed by atoms with E-state index in [0.29, 0.717) is 18.8 Å². The third kappa shape index (κ3) is 2.54. The number of rotatable bonds is 5. The lowest BCUT2D eigenvalue weighted by atomic mass is 10.1. The molecule has 0 unspecified atom stereocenters. The average molecular weight is 246 g/mol. The fourth-order valence-electron chi connectivity index (χ4n) is 2.02. The zero-order valence-corrected chi connectivity index (χ0v) is 10.7. The average Bonchev–Trinajstić information content (AvgIpc) is 2.73. The number of hydrogen-bond donors (Lipinski definition) is 2. The van der Waals surface area contributed by atoms with Crippen molar-refractivity contribution in [1.29, 1.82) is 0 Å². The standard InChI is InChI=1S/C14H18N2O2/c1-10-11-6-3-4-7-12(11)16-13(10)14(17)15-8-5-9-18-2/h3-4,6-7,16H,5,8-9H2,1-2H3,(H,15,17). The lowest BCUT2D eigenvalue weighted by Crippen LogP contribution is -2.26. The van der Waals surface area contributed by atoms with Gasteiger partial charge in [0.25, 0.3) is 5.91 Å². The Kier molecular flexibility index (Phi) is 3.99. The van der Waals surface area contributed by atoms with E-state index in [0.717, 1.165) is 22.9 Å². The van der Waals surface area contributed by atoms with Crippen LogP contribution in [0.5, 0.6) is 0 Å². The Morgan fingerprint density at radius 3 is 2.89 bits per heavy atom. The molecule has 1 aromatic heterocycles. The second-order valence-electron chi connectivity index (χ2n) is 4.27. The lowest BCUT2D eigenvalue weighted by Gasteiger charge is -2.04. The van der Waals surface area contributed by atoms with Gasteiger partial charge in [-0.05, 0) is 25.0 Å². The summed E-state index contributed by atoms with van der Waals surface area (Å²) in [5.41, 5.74) is 2.64. The molecule has 0 aliphatic carbocycles. The van der Waals surface area contributed by atoms with Crippen molar-refractivity contribution in [2.75, 3.05) is 20.3 Å². The minimum Gasteiger partial charge on any atom is -0.385 e. The summed E-state index contributed by atoms with van der Waals surface area (Å²) in [6.45, 7) is 3.25. The van der Waals surface area contributed by atoms with E-state index < -0.39 is 0 Å². The number of benzene rings is 1. The number of ether oxygens (including phenoxy) is 1. The van der Waals surface area contributed by atoms with Gasteiger partial charge in [0.05, 0.1) is 0 Å². The van der Waals surface area contributed by atoms with Gasteiger partial charge in [-0.2, -0.15) is 0 Å². The van der Waals surface area contributed by atoms with Crippen LogP contribution in [0.15, 0.2) is 24.3 Å². The topological polar surface area (TPSA) is 54.1 Å². The first-order chi connectivity index (χ1) is 8.74. The Hall–Kier alpha value is -1.81. The van der Waals surface area contributed by atoms with Crippen LogP contribution >= 0.6 is 0 Å². The normalized spacial score (nSPS) is 10.8. The summed E-state index contributed by atoms with van der Waals surface area (Å²) < 4.78 is 4.94. The number of H-pyrrole nitrogens is 1. The Balaban J connectivity index is 2.10. The summed E-state index contributed by atoms with van der Waals surface area (Å²) in [5.74, 6) is -0.0557. The molecule has 4 heteroatoms. The van der Waals surface area contributed by atoms with E-state index in [4.69, 9.17) is 4.74 Å². The van der Waals surface area contributed by atoms with Gasteiger partial charge in [-0.15, -0.1) is 0 Å². The maximum Gasteiger partial charge on any atom is 0.268 e. The number of aryl methyl sites for hydroxylation is 1. The first-order valence-electron chi connectivity index (χ1n) is 6.08. The summed E-state index contributed by atoms with van der Waals surface area (Å²) in [4.78, 5) is 15.2. The largest absolute Gasteiger partial charge is 0.385 e. The molecule has 0 radical (unpaired) electrons. The molecule has 1 heterocycles. The molecule has 4 nitrogen and oxygen atoms in total. The van der Waals surface area contributed by atoms with Gasteiger partial charge in [-0.1, -0.05) is 18.2 Å². The van der Waals surface area contributed by atoms with Gasteiger partial charge < -0.3 is 15.0 Å². The highest BCUT2D eigenvalue weighted by molar-refractivity contribution is 6.00. The van der Waals surface area contributed by atoms with Gasteiger partial charge >= 0.3 is 0 Å². The minimum atomic E-state index is -0.0557. The highest BCUT2D eigenvalue weighted by Gasteiger charge is 2.13. The molecule has 0 saturated heterocycles. The van der Waals surface area contributed by atoms with Gasteiger partial charge in [-0.25, -0.2) is 0 Å². The Labute approximate surface area is 106 Å². The summed E-state index contributed by atoms with van der Waals surface area (Å²) in [7, 11) is 1.66. The zero-order valence-electron chi connectivity index (χ0n) is 10.7. The fourth-order valence-corrected chi connectivity index (χ4v) is 2.02. The maximum absolute atomic E-state index is 12.0. The third-order valence-electron chi connectivity index (χ3n) is 3.00. The maximum atomic E-state index is 12.0. The van der Waals surface area contributed by atoms with Crippen molar-refractivity contribution < 1.29 is 9.53 Å². The van der Waals surface area contributed by atoms with Gasteiger partial charge in [0.2, 0.25) is 0 Å². The van der Waals surface area contributed by atoms with Crippen LogP contribution in [0.2, 0.25) is 0 Å². The Morgan fingerprint density at radius 2 is 2.17 bits per heavy atom. The molecule has 18 heavy (non-hydrogen) atoms. The quantitative estimate of drug-likeness (QED) is 0.795. The molecule has 1 amide bonds. The van der Waals surface area contributed by atoms with Gasteiger partial charge in [0.1, 0.15) is 5.69 Å². The van der Waals surface area contributed by atoms with Crippen LogP contribution in [0.4, 0.5) is 0 Å². The third-order valence-corrected chi connectivity index (χ3v) is 3.00. The smallest absolute Gasteiger partial charge is 0.268 e. The molecule has 1 aromatic carbocycles. The summed E-state index contributed by atoms with van der Waals surface area (Å²) in [5, 5.41) is 3.98. The highest BCUT2D eigenvalue weighted by Crippen LogP contribution is 2.20. The van der Waals surface area contributed by atoms with Gasteiger partial charge in [0.15, 0.2) is 0 Å². The molecule has 2 aromatic rings. The second-order valence-corrected chi connectivity index (χ2v) is 4.27. The number of hydrogen-bond acceptors (Lipinski definition) is 2. The second kappa shape index (κ2) is 5.69. The first-order valence-corrected chi connectivity index (χ1v) is 6.08. The number of amides is 1. The van der Waals surface area contributed by atoms with E-state index in [1.54, 1.807) is 7.11 Å². The van der Waals surface area contributed by atoms with E-state index >= 15 is 0 Å². The van der Waals surface area contributed by atoms with Crippen molar-refractivity contribution in [1.82, 2.24) is 10.3 Å². The molecule has 0 aliphatic rings. The molecule has 0 fully saturated rings. The van der Waals surface area contributed by atoms with E-state index in [1.807, 2.05) is 31.2 Å². The van der Waals surface area contributed by atoms with Gasteiger partial charge in [0, 0.05) is 31.2 Å². The number of nitrogens with one attached hydrogen (secondary N) is 2. The van der Waals surface area contributed by atoms with Crippen LogP contribution in [0.3, 0.4) is 0 Å². The SMILES string of the molecule is COCCCNC(=O)c1[nH]c2ccccc2c1C. The van der Waals surface area contributed by atoms with Crippen molar-refractivity contribution >= 4 is 16.8 Å². The molecule has 0 atom stereocenters. The van der Waals surface area contributed by atoms with Crippen LogP contribution in [0.25, 0.3) is 10.9 Å². The number of fused-ring (bicyclic) bond motifs is 1. The van der Waals surface area contributed by atoms with Gasteiger partial charge in [-0.3, -0.25) is 4.79 Å². The molecule has 0 bridgehead atoms. The number of para-hydroxylation sites is 1. The minimum absolute atomic E-state index is 0.0557. The van der Waals surface area contributed by atoms with E-state index in [9.17, 15) is 4.79 Å². The molecular formula is C14H18N2O2. The number of aromatic amines is 1. The van der Waals surface area contributed by atoms with E-state index in [-0.39, 0.29) is 5.91 Å². The van der Waals surface area contributed by atoms with E-state index in [2.05, 4.69) is 10.3 Å². The molecule has 2 N–H and O–H groups in total. The summed E-state index contributed by atoms with van der Waals surface area (Å²) >= 11 is 0. The molecule has 0 aliphatic heterocycles. The summed E-state index contributed by atoms with van der Waals surface area (Å²) in [6, 6.07) is 7.93. The molecule has 96 valence electrons. The Morgan fingerprint density at radius 1 is 1.39 bits per heavy atom. The Bertz CT molecular complexity index is 546. The van der Waals surface area contributed by atoms with Crippen LogP contribution < -0.4 is 5.32 Å². The number of aromatic nitrogens is 1. The van der Waals surface area contributed by atoms with Crippen LogP contribution in [0.1, 0.15) is 22.5 Å².